The van der Waals surface area contributed by atoms with Gasteiger partial charge in [-0.15, -0.1) is 0 Å². The summed E-state index contributed by atoms with van der Waals surface area (Å²) in [4.78, 5) is 0.167. The molecule has 0 amide bonds. The van der Waals surface area contributed by atoms with Crippen LogP contribution in [0, 0.1) is 5.92 Å². The molecule has 0 aliphatic carbocycles. The van der Waals surface area contributed by atoms with Crippen LogP contribution in [0.25, 0.3) is 0 Å². The van der Waals surface area contributed by atoms with Gasteiger partial charge in [0.05, 0.1) is 17.7 Å². The number of nitrogens with two attached hydrogens (primary N) is 1. The van der Waals surface area contributed by atoms with E-state index in [1.807, 2.05) is 6.92 Å². The average Bonchev–Trinajstić information content (AvgIpc) is 2.79. The minimum atomic E-state index is -3.75. The predicted molar refractivity (Wildman–Crippen MR) is 85.9 cm³/mol. The molecule has 116 valence electrons. The van der Waals surface area contributed by atoms with E-state index in [0.29, 0.717) is 18.5 Å². The fourth-order valence-electron chi connectivity index (χ4n) is 2.53. The van der Waals surface area contributed by atoms with E-state index in [2.05, 4.69) is 0 Å². The Balaban J connectivity index is 2.43. The van der Waals surface area contributed by atoms with Gasteiger partial charge in [0.2, 0.25) is 10.0 Å². The standard InChI is InChI=1S/C13H17ClN2O3S2/c1-8-4-5-16(11(8)7-17)21(18,19)12-3-2-9(13(15)20)6-10(12)14/h2-3,6,8,11,17H,4-5,7H2,1H3,(H2,15,20). The van der Waals surface area contributed by atoms with Crippen molar-refractivity contribution in [3.05, 3.63) is 28.8 Å². The van der Waals surface area contributed by atoms with Gasteiger partial charge in [-0.05, 0) is 24.5 Å². The summed E-state index contributed by atoms with van der Waals surface area (Å²) in [6, 6.07) is 3.98. The molecule has 1 aromatic rings. The number of rotatable bonds is 4. The maximum absolute atomic E-state index is 12.7. The molecule has 1 fully saturated rings. The molecule has 5 nitrogen and oxygen atoms in total. The molecule has 1 aliphatic rings. The molecule has 2 atom stereocenters. The van der Waals surface area contributed by atoms with Crippen molar-refractivity contribution >= 4 is 38.8 Å². The van der Waals surface area contributed by atoms with Gasteiger partial charge in [-0.3, -0.25) is 0 Å². The van der Waals surface area contributed by atoms with E-state index >= 15 is 0 Å². The lowest BCUT2D eigenvalue weighted by Crippen LogP contribution is -2.39. The molecule has 0 aromatic heterocycles. The van der Waals surface area contributed by atoms with Crippen LogP contribution >= 0.6 is 23.8 Å². The lowest BCUT2D eigenvalue weighted by Gasteiger charge is -2.25. The minimum absolute atomic E-state index is 0.0108. The highest BCUT2D eigenvalue weighted by Crippen LogP contribution is 2.33. The highest BCUT2D eigenvalue weighted by molar-refractivity contribution is 7.89. The third-order valence-corrected chi connectivity index (χ3v) is 6.46. The summed E-state index contributed by atoms with van der Waals surface area (Å²) in [6.07, 6.45) is 0.715. The fourth-order valence-corrected chi connectivity index (χ4v) is 4.91. The Morgan fingerprint density at radius 1 is 1.57 bits per heavy atom. The molecule has 1 heterocycles. The second-order valence-corrected chi connectivity index (χ2v) is 7.85. The third-order valence-electron chi connectivity index (χ3n) is 3.82. The Morgan fingerprint density at radius 3 is 2.76 bits per heavy atom. The van der Waals surface area contributed by atoms with E-state index in [4.69, 9.17) is 29.6 Å². The Hall–Kier alpha value is -0.730. The van der Waals surface area contributed by atoms with Crippen molar-refractivity contribution < 1.29 is 13.5 Å². The maximum Gasteiger partial charge on any atom is 0.244 e. The second kappa shape index (κ2) is 6.18. The van der Waals surface area contributed by atoms with Crippen molar-refractivity contribution in [3.63, 3.8) is 0 Å². The second-order valence-electron chi connectivity index (χ2n) is 5.14. The Bertz CT molecular complexity index is 663. The molecule has 2 unspecified atom stereocenters. The van der Waals surface area contributed by atoms with Gasteiger partial charge in [-0.2, -0.15) is 4.31 Å². The van der Waals surface area contributed by atoms with Gasteiger partial charge in [-0.1, -0.05) is 36.8 Å². The topological polar surface area (TPSA) is 83.6 Å². The molecular weight excluding hydrogens is 332 g/mol. The maximum atomic E-state index is 12.7. The first-order valence-corrected chi connectivity index (χ1v) is 8.73. The normalized spacial score (nSPS) is 23.4. The van der Waals surface area contributed by atoms with Crippen LogP contribution in [-0.4, -0.2) is 42.0 Å². The minimum Gasteiger partial charge on any atom is -0.395 e. The molecule has 0 radical (unpaired) electrons. The van der Waals surface area contributed by atoms with Crippen LogP contribution < -0.4 is 5.73 Å². The number of sulfonamides is 1. The SMILES string of the molecule is CC1CCN(S(=O)(=O)c2ccc(C(N)=S)cc2Cl)C1CO. The quantitative estimate of drug-likeness (QED) is 0.803. The van der Waals surface area contributed by atoms with E-state index in [-0.39, 0.29) is 27.4 Å². The fraction of sp³-hybridized carbons (Fsp3) is 0.462. The third kappa shape index (κ3) is 3.07. The summed E-state index contributed by atoms with van der Waals surface area (Å²) in [5, 5.41) is 9.51. The van der Waals surface area contributed by atoms with E-state index in [1.165, 1.54) is 22.5 Å². The molecule has 0 saturated carbocycles. The summed E-state index contributed by atoms with van der Waals surface area (Å²) < 4.78 is 26.8. The molecule has 1 saturated heterocycles. The van der Waals surface area contributed by atoms with Gasteiger partial charge in [0.25, 0.3) is 0 Å². The molecule has 3 N–H and O–H groups in total. The van der Waals surface area contributed by atoms with Crippen molar-refractivity contribution in [3.8, 4) is 0 Å². The van der Waals surface area contributed by atoms with Crippen molar-refractivity contribution in [1.29, 1.82) is 0 Å². The first kappa shape index (κ1) is 16.6. The Kier molecular flexibility index (Phi) is 4.89. The zero-order chi connectivity index (χ0) is 15.8. The largest absolute Gasteiger partial charge is 0.395 e. The molecule has 1 aromatic carbocycles. The summed E-state index contributed by atoms with van der Waals surface area (Å²) >= 11 is 10.9. The van der Waals surface area contributed by atoms with Crippen LogP contribution in [0.15, 0.2) is 23.1 Å². The number of aliphatic hydroxyl groups is 1. The van der Waals surface area contributed by atoms with E-state index < -0.39 is 16.1 Å². The smallest absolute Gasteiger partial charge is 0.244 e. The van der Waals surface area contributed by atoms with Gasteiger partial charge in [-0.25, -0.2) is 8.42 Å². The number of hydrogen-bond donors (Lipinski definition) is 2. The molecule has 8 heteroatoms. The van der Waals surface area contributed by atoms with Crippen molar-refractivity contribution in [2.45, 2.75) is 24.3 Å². The van der Waals surface area contributed by atoms with Crippen LogP contribution in [0.2, 0.25) is 5.02 Å². The first-order chi connectivity index (χ1) is 9.78. The van der Waals surface area contributed by atoms with Gasteiger partial charge < -0.3 is 10.8 Å². The average molecular weight is 349 g/mol. The number of benzene rings is 1. The van der Waals surface area contributed by atoms with Gasteiger partial charge >= 0.3 is 0 Å². The summed E-state index contributed by atoms with van der Waals surface area (Å²) in [5.41, 5.74) is 6.02. The number of halogens is 1. The van der Waals surface area contributed by atoms with E-state index in [0.717, 1.165) is 0 Å². The first-order valence-electron chi connectivity index (χ1n) is 6.51. The van der Waals surface area contributed by atoms with Crippen molar-refractivity contribution in [1.82, 2.24) is 4.31 Å². The summed E-state index contributed by atoms with van der Waals surface area (Å²) in [6.45, 7) is 2.10. The predicted octanol–water partition coefficient (Wildman–Crippen LogP) is 1.37. The lowest BCUT2D eigenvalue weighted by atomic mass is 10.0. The lowest BCUT2D eigenvalue weighted by molar-refractivity contribution is 0.191. The van der Waals surface area contributed by atoms with Gasteiger partial charge in [0, 0.05) is 12.1 Å². The molecule has 0 spiro atoms. The Morgan fingerprint density at radius 2 is 2.24 bits per heavy atom. The highest BCUT2D eigenvalue weighted by Gasteiger charge is 2.39. The number of aliphatic hydroxyl groups excluding tert-OH is 1. The van der Waals surface area contributed by atoms with E-state index in [9.17, 15) is 13.5 Å². The monoisotopic (exact) mass is 348 g/mol. The summed E-state index contributed by atoms with van der Waals surface area (Å²) in [7, 11) is -3.75. The van der Waals surface area contributed by atoms with Crippen molar-refractivity contribution in [2.75, 3.05) is 13.2 Å². The number of nitrogens with zero attached hydrogens (tertiary/aromatic N) is 1. The van der Waals surface area contributed by atoms with Crippen molar-refractivity contribution in [2.24, 2.45) is 11.7 Å². The molecule has 2 rings (SSSR count). The summed E-state index contributed by atoms with van der Waals surface area (Å²) in [5.74, 6) is 0.111. The molecular formula is C13H17ClN2O3S2. The zero-order valence-corrected chi connectivity index (χ0v) is 13.9. The van der Waals surface area contributed by atoms with Gasteiger partial charge in [0.15, 0.2) is 0 Å². The van der Waals surface area contributed by atoms with Crippen LogP contribution in [0.3, 0.4) is 0 Å². The van der Waals surface area contributed by atoms with Crippen LogP contribution in [0.5, 0.6) is 0 Å². The zero-order valence-electron chi connectivity index (χ0n) is 11.5. The molecule has 21 heavy (non-hydrogen) atoms. The number of hydrogen-bond acceptors (Lipinski definition) is 4. The van der Waals surface area contributed by atoms with E-state index in [1.54, 1.807) is 0 Å². The van der Waals surface area contributed by atoms with Crippen LogP contribution in [0.1, 0.15) is 18.9 Å². The van der Waals surface area contributed by atoms with Crippen LogP contribution in [-0.2, 0) is 10.0 Å². The molecule has 0 bridgehead atoms. The van der Waals surface area contributed by atoms with Crippen LogP contribution in [0.4, 0.5) is 0 Å². The number of thiocarbonyl (C=S) groups is 1. The molecule has 1 aliphatic heterocycles. The van der Waals surface area contributed by atoms with Gasteiger partial charge in [0.1, 0.15) is 9.88 Å². The highest BCUT2D eigenvalue weighted by atomic mass is 35.5. The Labute approximate surface area is 134 Å².